The van der Waals surface area contributed by atoms with Crippen molar-refractivity contribution in [1.82, 2.24) is 19.9 Å². The predicted octanol–water partition coefficient (Wildman–Crippen LogP) is 17.4. The Morgan fingerprint density at radius 2 is 0.383 bits per heavy atom. The normalized spacial score (nSPS) is 11.9. The standard InChI is InChI=1S/C60H20F16N4.Zn/c61-37-29-31(39(63)47(71)45(37)69)55-26(22-15-7-2-8-16-22)57-33-35(43(67)51(75)49(73)41(33)65)59(79-57)28(24-19-11-4-12-20-24)60-36-34(42(66)50(74)52(76)44(36)68)58(80-60)27(23-17-9-3-10-18-23)56-32-30(38(62)46(70)48(72)40(32)64)54(78-56)25(53(29)77-55)21-13-5-1-6-14-21;/h1-20H;/q-2;+2. The molecule has 3 aliphatic rings. The number of nitrogens with zero attached hydrogens (tertiary/aromatic N) is 4. The number of benzene rings is 8. The summed E-state index contributed by atoms with van der Waals surface area (Å²) in [6.45, 7) is 0. The van der Waals surface area contributed by atoms with Crippen LogP contribution in [0.25, 0.3) is 133 Å². The summed E-state index contributed by atoms with van der Waals surface area (Å²) in [6, 6.07) is 25.0. The first kappa shape index (κ1) is 52.6. The Labute approximate surface area is 455 Å². The predicted molar refractivity (Wildman–Crippen MR) is 264 cm³/mol. The molecule has 0 amide bonds. The maximum absolute atomic E-state index is 17.2. The van der Waals surface area contributed by atoms with Gasteiger partial charge in [-0.25, -0.2) is 80.2 Å². The molecule has 0 saturated carbocycles. The van der Waals surface area contributed by atoms with E-state index in [0.717, 1.165) is 48.5 Å². The van der Waals surface area contributed by atoms with Crippen LogP contribution in [0, 0.1) is 93.1 Å². The fourth-order valence-corrected chi connectivity index (χ4v) is 10.6. The van der Waals surface area contributed by atoms with Crippen LogP contribution in [0.15, 0.2) is 121 Å². The summed E-state index contributed by atoms with van der Waals surface area (Å²) >= 11 is 0. The van der Waals surface area contributed by atoms with Crippen LogP contribution in [-0.2, 0) is 19.5 Å². The molecule has 13 rings (SSSR count). The second-order valence-electron chi connectivity index (χ2n) is 18.2. The van der Waals surface area contributed by atoms with Crippen LogP contribution in [0.3, 0.4) is 0 Å². The molecule has 10 aromatic rings. The molecular weight excluding hydrogens is 1150 g/mol. The molecule has 8 bridgehead atoms. The van der Waals surface area contributed by atoms with Gasteiger partial charge in [-0.3, -0.25) is 0 Å². The number of halogens is 16. The molecule has 0 N–H and O–H groups in total. The van der Waals surface area contributed by atoms with Gasteiger partial charge in [-0.05, 0) is 44.5 Å². The van der Waals surface area contributed by atoms with Gasteiger partial charge in [-0.1, -0.05) is 121 Å². The summed E-state index contributed by atoms with van der Waals surface area (Å²) < 4.78 is 266. The fraction of sp³-hybridized carbons (Fsp3) is 0. The zero-order valence-electron chi connectivity index (χ0n) is 40.1. The summed E-state index contributed by atoms with van der Waals surface area (Å²) in [5.41, 5.74) is -19.1. The average Bonchev–Trinajstić information content (AvgIpc) is 4.42. The second-order valence-corrected chi connectivity index (χ2v) is 18.2. The van der Waals surface area contributed by atoms with Crippen molar-refractivity contribution in [3.05, 3.63) is 214 Å². The summed E-state index contributed by atoms with van der Waals surface area (Å²) in [5, 5.41) is -5.44. The van der Waals surface area contributed by atoms with Crippen LogP contribution in [-0.4, -0.2) is 9.97 Å². The first-order valence-electron chi connectivity index (χ1n) is 23.5. The molecule has 21 heteroatoms. The molecule has 0 atom stereocenters. The van der Waals surface area contributed by atoms with E-state index in [1.807, 2.05) is 0 Å². The molecule has 4 heterocycles. The van der Waals surface area contributed by atoms with E-state index >= 15 is 70.2 Å². The summed E-state index contributed by atoms with van der Waals surface area (Å²) in [5.74, 6) is -38.0. The topological polar surface area (TPSA) is 54.0 Å². The zero-order valence-corrected chi connectivity index (χ0v) is 43.1. The molecule has 0 fully saturated rings. The quantitative estimate of drug-likeness (QED) is 0.0763. The molecule has 1 aliphatic carbocycles. The minimum Gasteiger partial charge on any atom is -0.656 e. The molecule has 2 aromatic heterocycles. The van der Waals surface area contributed by atoms with Crippen LogP contribution in [0.4, 0.5) is 70.2 Å². The van der Waals surface area contributed by atoms with Crippen molar-refractivity contribution in [2.45, 2.75) is 0 Å². The largest absolute Gasteiger partial charge is 2.00 e. The Balaban J connectivity index is 0.00000651. The molecule has 4 nitrogen and oxygen atoms in total. The summed E-state index contributed by atoms with van der Waals surface area (Å²) in [4.78, 5) is 18.1. The maximum atomic E-state index is 17.2. The van der Waals surface area contributed by atoms with Crippen LogP contribution in [0.5, 0.6) is 0 Å². The van der Waals surface area contributed by atoms with Crippen LogP contribution in [0.2, 0.25) is 0 Å². The molecule has 394 valence electrons. The molecule has 0 unspecified atom stereocenters. The van der Waals surface area contributed by atoms with Gasteiger partial charge < -0.3 is 9.97 Å². The molecule has 0 spiro atoms. The number of hydrogen-bond donors (Lipinski definition) is 0. The van der Waals surface area contributed by atoms with Crippen LogP contribution >= 0.6 is 0 Å². The zero-order chi connectivity index (χ0) is 56.1. The summed E-state index contributed by atoms with van der Waals surface area (Å²) in [7, 11) is 0. The van der Waals surface area contributed by atoms with E-state index in [0.29, 0.717) is 0 Å². The first-order chi connectivity index (χ1) is 38.4. The van der Waals surface area contributed by atoms with Crippen molar-refractivity contribution in [1.29, 1.82) is 0 Å². The first-order valence-corrected chi connectivity index (χ1v) is 23.5. The second kappa shape index (κ2) is 19.0. The van der Waals surface area contributed by atoms with Gasteiger partial charge in [0.25, 0.3) is 0 Å². The van der Waals surface area contributed by atoms with E-state index < -0.39 is 204 Å². The van der Waals surface area contributed by atoms with Crippen molar-refractivity contribution >= 4 is 43.6 Å². The van der Waals surface area contributed by atoms with E-state index in [2.05, 4.69) is 19.9 Å². The van der Waals surface area contributed by atoms with Gasteiger partial charge in [0.05, 0.1) is 45.0 Å². The van der Waals surface area contributed by atoms with E-state index in [1.54, 1.807) is 0 Å². The van der Waals surface area contributed by atoms with E-state index in [1.165, 1.54) is 72.8 Å². The molecule has 8 aromatic carbocycles. The maximum Gasteiger partial charge on any atom is 2.00 e. The minimum atomic E-state index is -2.50. The Morgan fingerprint density at radius 1 is 0.210 bits per heavy atom. The van der Waals surface area contributed by atoms with Crippen molar-refractivity contribution < 1.29 is 89.7 Å². The van der Waals surface area contributed by atoms with Crippen molar-refractivity contribution in [3.63, 3.8) is 0 Å². The molecule has 2 aliphatic heterocycles. The molecule has 0 radical (unpaired) electrons. The number of rotatable bonds is 4. The molecule has 0 saturated heterocycles. The van der Waals surface area contributed by atoms with E-state index in [-0.39, 0.29) is 41.7 Å². The van der Waals surface area contributed by atoms with E-state index in [9.17, 15) is 0 Å². The van der Waals surface area contributed by atoms with Crippen LogP contribution < -0.4 is 9.97 Å². The van der Waals surface area contributed by atoms with Crippen molar-refractivity contribution in [3.8, 4) is 89.5 Å². The monoisotopic (exact) mass is 1160 g/mol. The Kier molecular flexibility index (Phi) is 12.4. The number of hydrogen-bond acceptors (Lipinski definition) is 2. The smallest absolute Gasteiger partial charge is 0.656 e. The SMILES string of the molecule is Fc1c(F)c(F)c2c(c1F)-c1nc-2c(-c2ccccc2)c2[n-]c(c(-c3ccccc3)c3nc(c(-c4ccccc4)c4[n-]c(c1-c1ccccc1)c1c(F)c(F)c(F)c(F)c41)-c1c(F)c(F)c(F)c(F)c1-3)c1c(F)c(F)c(F)c(F)c21.[Zn+2]. The van der Waals surface area contributed by atoms with Gasteiger partial charge in [0.1, 0.15) is 0 Å². The third-order valence-corrected chi connectivity index (χ3v) is 14.0. The van der Waals surface area contributed by atoms with Gasteiger partial charge in [-0.15, -0.1) is 22.1 Å². The van der Waals surface area contributed by atoms with E-state index in [4.69, 9.17) is 0 Å². The summed E-state index contributed by atoms with van der Waals surface area (Å²) in [6.07, 6.45) is 0. The van der Waals surface area contributed by atoms with Crippen molar-refractivity contribution in [2.75, 3.05) is 0 Å². The number of aromatic nitrogens is 4. The van der Waals surface area contributed by atoms with Gasteiger partial charge >= 0.3 is 19.5 Å². The third kappa shape index (κ3) is 7.29. The molecule has 81 heavy (non-hydrogen) atoms. The molecular formula is C60H20F16N4Zn. The third-order valence-electron chi connectivity index (χ3n) is 14.0. The van der Waals surface area contributed by atoms with Gasteiger partial charge in [0.15, 0.2) is 93.1 Å². The fourth-order valence-electron chi connectivity index (χ4n) is 10.6. The average molecular weight is 1170 g/mol. The van der Waals surface area contributed by atoms with Gasteiger partial charge in [0, 0.05) is 21.5 Å². The van der Waals surface area contributed by atoms with Crippen molar-refractivity contribution in [2.24, 2.45) is 0 Å². The van der Waals surface area contributed by atoms with Gasteiger partial charge in [0.2, 0.25) is 0 Å². The van der Waals surface area contributed by atoms with Crippen LogP contribution in [0.1, 0.15) is 0 Å². The van der Waals surface area contributed by atoms with Gasteiger partial charge in [-0.2, -0.15) is 0 Å². The Bertz CT molecular complexity index is 4170. The minimum absolute atomic E-state index is 0. The Hall–Kier alpha value is -9.10. The Morgan fingerprint density at radius 3 is 0.568 bits per heavy atom.